The zero-order valence-electron chi connectivity index (χ0n) is 11.3. The Morgan fingerprint density at radius 3 is 2.63 bits per heavy atom. The summed E-state index contributed by atoms with van der Waals surface area (Å²) in [6, 6.07) is 10.5. The van der Waals surface area contributed by atoms with Crippen molar-refractivity contribution in [1.29, 1.82) is 0 Å². The molecular weight excluding hydrogens is 238 g/mol. The highest BCUT2D eigenvalue weighted by molar-refractivity contribution is 5.27. The van der Waals surface area contributed by atoms with Crippen molar-refractivity contribution in [2.75, 3.05) is 7.11 Å². The molecule has 1 aromatic carbocycles. The molecule has 1 heterocycles. The first-order valence-electron chi connectivity index (χ1n) is 6.39. The number of methoxy groups -OCH3 is 1. The number of nitrogens with zero attached hydrogens (tertiary/aromatic N) is 2. The van der Waals surface area contributed by atoms with Gasteiger partial charge in [-0.15, -0.1) is 0 Å². The van der Waals surface area contributed by atoms with Gasteiger partial charge in [0.2, 0.25) is 0 Å². The third-order valence-corrected chi connectivity index (χ3v) is 2.98. The molecule has 0 spiro atoms. The van der Waals surface area contributed by atoms with E-state index in [9.17, 15) is 0 Å². The highest BCUT2D eigenvalue weighted by Gasteiger charge is 2.04. The summed E-state index contributed by atoms with van der Waals surface area (Å²) in [6.45, 7) is 2.94. The average molecular weight is 257 g/mol. The Bertz CT molecular complexity index is 485. The summed E-state index contributed by atoms with van der Waals surface area (Å²) in [5, 5.41) is 3.45. The van der Waals surface area contributed by atoms with E-state index in [1.807, 2.05) is 18.2 Å². The van der Waals surface area contributed by atoms with Crippen molar-refractivity contribution in [3.8, 4) is 5.75 Å². The number of nitrogens with one attached hydrogen (secondary N) is 1. The van der Waals surface area contributed by atoms with E-state index in [0.29, 0.717) is 6.04 Å². The first-order valence-corrected chi connectivity index (χ1v) is 6.39. The minimum absolute atomic E-state index is 0.392. The molecule has 0 fully saturated rings. The van der Waals surface area contributed by atoms with E-state index in [-0.39, 0.29) is 0 Å². The van der Waals surface area contributed by atoms with Gasteiger partial charge in [-0.1, -0.05) is 12.1 Å². The van der Waals surface area contributed by atoms with Crippen molar-refractivity contribution < 1.29 is 4.74 Å². The van der Waals surface area contributed by atoms with Crippen LogP contribution in [-0.4, -0.2) is 23.1 Å². The molecule has 0 saturated heterocycles. The highest BCUT2D eigenvalue weighted by Crippen LogP contribution is 2.12. The lowest BCUT2D eigenvalue weighted by atomic mass is 10.1. The second-order valence-electron chi connectivity index (χ2n) is 4.53. The smallest absolute Gasteiger partial charge is 0.118 e. The topological polar surface area (TPSA) is 47.0 Å². The van der Waals surface area contributed by atoms with Gasteiger partial charge in [0, 0.05) is 18.8 Å². The lowest BCUT2D eigenvalue weighted by Crippen LogP contribution is -2.27. The molecule has 0 aliphatic carbocycles. The molecule has 4 heteroatoms. The molecule has 1 atom stereocenters. The Morgan fingerprint density at radius 1 is 1.21 bits per heavy atom. The van der Waals surface area contributed by atoms with E-state index < -0.39 is 0 Å². The summed E-state index contributed by atoms with van der Waals surface area (Å²) >= 11 is 0. The van der Waals surface area contributed by atoms with Crippen molar-refractivity contribution >= 4 is 0 Å². The molecule has 1 unspecified atom stereocenters. The number of aromatic nitrogens is 2. The van der Waals surface area contributed by atoms with E-state index in [1.54, 1.807) is 19.6 Å². The summed E-state index contributed by atoms with van der Waals surface area (Å²) in [6.07, 6.45) is 4.32. The van der Waals surface area contributed by atoms with Crippen LogP contribution < -0.4 is 10.1 Å². The van der Waals surface area contributed by atoms with Crippen LogP contribution >= 0.6 is 0 Å². The fourth-order valence-corrected chi connectivity index (χ4v) is 1.89. The van der Waals surface area contributed by atoms with Gasteiger partial charge in [0.25, 0.3) is 0 Å². The van der Waals surface area contributed by atoms with E-state index in [4.69, 9.17) is 4.74 Å². The van der Waals surface area contributed by atoms with Gasteiger partial charge in [0.15, 0.2) is 0 Å². The van der Waals surface area contributed by atoms with E-state index >= 15 is 0 Å². The minimum atomic E-state index is 0.392. The van der Waals surface area contributed by atoms with Crippen molar-refractivity contribution in [3.63, 3.8) is 0 Å². The first-order chi connectivity index (χ1) is 9.28. The molecule has 1 aromatic heterocycles. The zero-order chi connectivity index (χ0) is 13.5. The van der Waals surface area contributed by atoms with Crippen LogP contribution in [0.4, 0.5) is 0 Å². The molecule has 0 radical (unpaired) electrons. The van der Waals surface area contributed by atoms with Crippen LogP contribution in [0.1, 0.15) is 18.2 Å². The number of ether oxygens (including phenoxy) is 1. The molecule has 2 rings (SSSR count). The normalized spacial score (nSPS) is 12.1. The number of rotatable bonds is 6. The summed E-state index contributed by atoms with van der Waals surface area (Å²) in [5.41, 5.74) is 2.31. The van der Waals surface area contributed by atoms with Crippen LogP contribution in [0.15, 0.2) is 42.9 Å². The van der Waals surface area contributed by atoms with Gasteiger partial charge in [-0.2, -0.15) is 0 Å². The van der Waals surface area contributed by atoms with Gasteiger partial charge in [-0.05, 0) is 37.1 Å². The SMILES string of the molecule is COc1ccc(CC(C)NCc2ccncn2)cc1. The summed E-state index contributed by atoms with van der Waals surface area (Å²) in [5.74, 6) is 0.894. The summed E-state index contributed by atoms with van der Waals surface area (Å²) in [7, 11) is 1.68. The molecule has 0 saturated carbocycles. The third-order valence-electron chi connectivity index (χ3n) is 2.98. The van der Waals surface area contributed by atoms with E-state index in [2.05, 4.69) is 34.3 Å². The Labute approximate surface area is 113 Å². The van der Waals surface area contributed by atoms with E-state index in [0.717, 1.165) is 24.4 Å². The highest BCUT2D eigenvalue weighted by atomic mass is 16.5. The van der Waals surface area contributed by atoms with Crippen LogP contribution in [0.3, 0.4) is 0 Å². The predicted molar refractivity (Wildman–Crippen MR) is 75.0 cm³/mol. The van der Waals surface area contributed by atoms with Crippen molar-refractivity contribution in [2.45, 2.75) is 25.9 Å². The standard InChI is InChI=1S/C15H19N3O/c1-12(17-10-14-7-8-16-11-18-14)9-13-3-5-15(19-2)6-4-13/h3-8,11-12,17H,9-10H2,1-2H3. The number of hydrogen-bond donors (Lipinski definition) is 1. The van der Waals surface area contributed by atoms with Gasteiger partial charge in [0.1, 0.15) is 12.1 Å². The Kier molecular flexibility index (Phi) is 4.86. The maximum Gasteiger partial charge on any atom is 0.118 e. The van der Waals surface area contributed by atoms with Gasteiger partial charge in [0.05, 0.1) is 12.8 Å². The second-order valence-corrected chi connectivity index (χ2v) is 4.53. The van der Waals surface area contributed by atoms with Gasteiger partial charge < -0.3 is 10.1 Å². The van der Waals surface area contributed by atoms with Crippen LogP contribution in [0.25, 0.3) is 0 Å². The monoisotopic (exact) mass is 257 g/mol. The fourth-order valence-electron chi connectivity index (χ4n) is 1.89. The van der Waals surface area contributed by atoms with Crippen molar-refractivity contribution in [1.82, 2.24) is 15.3 Å². The molecule has 0 bridgehead atoms. The lowest BCUT2D eigenvalue weighted by Gasteiger charge is -2.13. The van der Waals surface area contributed by atoms with Crippen LogP contribution in [0, 0.1) is 0 Å². The van der Waals surface area contributed by atoms with Crippen LogP contribution in [0.5, 0.6) is 5.75 Å². The Hall–Kier alpha value is -1.94. The molecule has 100 valence electrons. The molecule has 2 aromatic rings. The Morgan fingerprint density at radius 2 is 2.00 bits per heavy atom. The molecule has 0 amide bonds. The summed E-state index contributed by atoms with van der Waals surface area (Å²) in [4.78, 5) is 8.10. The third kappa shape index (κ3) is 4.34. The zero-order valence-corrected chi connectivity index (χ0v) is 11.3. The quantitative estimate of drug-likeness (QED) is 0.862. The molecule has 0 aliphatic rings. The van der Waals surface area contributed by atoms with Crippen LogP contribution in [0.2, 0.25) is 0 Å². The minimum Gasteiger partial charge on any atom is -0.497 e. The maximum absolute atomic E-state index is 5.15. The van der Waals surface area contributed by atoms with Gasteiger partial charge in [-0.3, -0.25) is 0 Å². The maximum atomic E-state index is 5.15. The number of benzene rings is 1. The Balaban J connectivity index is 1.82. The van der Waals surface area contributed by atoms with Crippen molar-refractivity contribution in [3.05, 3.63) is 54.1 Å². The lowest BCUT2D eigenvalue weighted by molar-refractivity contribution is 0.414. The largest absolute Gasteiger partial charge is 0.497 e. The molecule has 4 nitrogen and oxygen atoms in total. The number of hydrogen-bond acceptors (Lipinski definition) is 4. The van der Waals surface area contributed by atoms with Crippen LogP contribution in [-0.2, 0) is 13.0 Å². The molecule has 1 N–H and O–H groups in total. The predicted octanol–water partition coefficient (Wildman–Crippen LogP) is 2.21. The molecule has 19 heavy (non-hydrogen) atoms. The van der Waals surface area contributed by atoms with Crippen molar-refractivity contribution in [2.24, 2.45) is 0 Å². The fraction of sp³-hybridized carbons (Fsp3) is 0.333. The summed E-state index contributed by atoms with van der Waals surface area (Å²) < 4.78 is 5.15. The van der Waals surface area contributed by atoms with Gasteiger partial charge >= 0.3 is 0 Å². The molecular formula is C15H19N3O. The average Bonchev–Trinajstić information content (AvgIpc) is 2.47. The molecule has 0 aliphatic heterocycles. The van der Waals surface area contributed by atoms with E-state index in [1.165, 1.54) is 5.56 Å². The van der Waals surface area contributed by atoms with Gasteiger partial charge in [-0.25, -0.2) is 9.97 Å². The first kappa shape index (κ1) is 13.5. The second kappa shape index (κ2) is 6.85.